The van der Waals surface area contributed by atoms with Gasteiger partial charge in [-0.25, -0.2) is 4.79 Å². The van der Waals surface area contributed by atoms with E-state index in [1.54, 1.807) is 36.0 Å². The van der Waals surface area contributed by atoms with Crippen molar-refractivity contribution >= 4 is 56.8 Å². The number of nitrogens with zero attached hydrogens (tertiary/aromatic N) is 4. The number of rotatable bonds is 6. The number of carbonyl (C=O) groups is 2. The monoisotopic (exact) mass is 485 g/mol. The van der Waals surface area contributed by atoms with Crippen molar-refractivity contribution in [2.45, 2.75) is 19.5 Å². The van der Waals surface area contributed by atoms with Gasteiger partial charge in [0.25, 0.3) is 0 Å². The Morgan fingerprint density at radius 1 is 1.32 bits per heavy atom. The summed E-state index contributed by atoms with van der Waals surface area (Å²) in [5, 5.41) is 21.0. The Labute approximate surface area is 178 Å². The Morgan fingerprint density at radius 3 is 2.71 bits per heavy atom. The van der Waals surface area contributed by atoms with Gasteiger partial charge in [0.1, 0.15) is 6.04 Å². The highest BCUT2D eigenvalue weighted by atomic mass is 79.9. The molecule has 0 spiro atoms. The molecule has 2 aromatic heterocycles. The highest BCUT2D eigenvalue weighted by molar-refractivity contribution is 9.10. The largest absolute Gasteiger partial charge is 0.478 e. The van der Waals surface area contributed by atoms with Crippen LogP contribution in [0.3, 0.4) is 0 Å². The molecule has 28 heavy (non-hydrogen) atoms. The number of nitrogens with one attached hydrogen (secondary N) is 1. The minimum atomic E-state index is -1.11. The van der Waals surface area contributed by atoms with E-state index in [1.807, 2.05) is 0 Å². The molecule has 0 aliphatic heterocycles. The van der Waals surface area contributed by atoms with Crippen LogP contribution in [0.1, 0.15) is 28.9 Å². The van der Waals surface area contributed by atoms with E-state index in [-0.39, 0.29) is 5.56 Å². The van der Waals surface area contributed by atoms with Gasteiger partial charge in [-0.05, 0) is 40.5 Å². The third-order valence-electron chi connectivity index (χ3n) is 3.93. The van der Waals surface area contributed by atoms with Crippen molar-refractivity contribution < 1.29 is 14.7 Å². The highest BCUT2D eigenvalue weighted by Crippen LogP contribution is 2.25. The van der Waals surface area contributed by atoms with Crippen LogP contribution in [0.4, 0.5) is 5.82 Å². The zero-order chi connectivity index (χ0) is 20.4. The summed E-state index contributed by atoms with van der Waals surface area (Å²) in [6.07, 6.45) is 4.19. The van der Waals surface area contributed by atoms with Gasteiger partial charge in [-0.2, -0.15) is 10.2 Å². The van der Waals surface area contributed by atoms with Gasteiger partial charge in [0.05, 0.1) is 22.8 Å². The van der Waals surface area contributed by atoms with Crippen molar-refractivity contribution in [3.8, 4) is 0 Å². The van der Waals surface area contributed by atoms with Crippen LogP contribution in [0.15, 0.2) is 41.3 Å². The summed E-state index contributed by atoms with van der Waals surface area (Å²) < 4.78 is 3.48. The van der Waals surface area contributed by atoms with Crippen molar-refractivity contribution in [3.05, 3.63) is 62.4 Å². The van der Waals surface area contributed by atoms with Crippen molar-refractivity contribution in [2.24, 2.45) is 0 Å². The maximum absolute atomic E-state index is 12.5. The van der Waals surface area contributed by atoms with Gasteiger partial charge in [0.2, 0.25) is 5.91 Å². The van der Waals surface area contributed by atoms with Crippen LogP contribution in [-0.2, 0) is 11.3 Å². The Hall–Kier alpha value is -2.36. The first-order chi connectivity index (χ1) is 13.2. The summed E-state index contributed by atoms with van der Waals surface area (Å²) in [5.41, 5.74) is 0.829. The van der Waals surface area contributed by atoms with E-state index in [9.17, 15) is 9.59 Å². The van der Waals surface area contributed by atoms with Crippen LogP contribution in [-0.4, -0.2) is 36.5 Å². The van der Waals surface area contributed by atoms with Gasteiger partial charge in [-0.15, -0.1) is 0 Å². The maximum Gasteiger partial charge on any atom is 0.338 e. The average molecular weight is 487 g/mol. The fourth-order valence-electron chi connectivity index (χ4n) is 2.39. The summed E-state index contributed by atoms with van der Waals surface area (Å²) in [6, 6.07) is 4.46. The van der Waals surface area contributed by atoms with E-state index in [0.29, 0.717) is 26.9 Å². The molecule has 2 heterocycles. The maximum atomic E-state index is 12.5. The second-order valence-corrected chi connectivity index (χ2v) is 7.64. The Bertz CT molecular complexity index is 1050. The molecule has 0 aliphatic rings. The summed E-state index contributed by atoms with van der Waals surface area (Å²) in [5.74, 6) is -1.18. The van der Waals surface area contributed by atoms with Crippen LogP contribution >= 0.6 is 39.1 Å². The van der Waals surface area contributed by atoms with Gasteiger partial charge in [-0.3, -0.25) is 14.2 Å². The number of carboxylic acid groups (broad SMARTS) is 1. The SMILES string of the molecule is CC(C(=O)Nc1nn(Cc2ccc(Cl)cc2Cl)cc1Br)n1cc(C(=O)O)cn1. The molecule has 1 unspecified atom stereocenters. The molecule has 3 rings (SSSR count). The van der Waals surface area contributed by atoms with E-state index in [4.69, 9.17) is 28.3 Å². The van der Waals surface area contributed by atoms with Crippen LogP contribution in [0.2, 0.25) is 10.0 Å². The average Bonchev–Trinajstić information content (AvgIpc) is 3.24. The highest BCUT2D eigenvalue weighted by Gasteiger charge is 2.20. The predicted octanol–water partition coefficient (Wildman–Crippen LogP) is 4.10. The first-order valence-corrected chi connectivity index (χ1v) is 9.54. The molecule has 2 N–H and O–H groups in total. The standard InChI is InChI=1S/C17H14BrCl2N5O3/c1-9(25-7-11(5-21-25)17(27)28)16(26)22-15-13(18)8-24(23-15)6-10-2-3-12(19)4-14(10)20/h2-5,7-9H,6H2,1H3,(H,27,28)(H,22,23,26). The predicted molar refractivity (Wildman–Crippen MR) is 108 cm³/mol. The van der Waals surface area contributed by atoms with E-state index in [0.717, 1.165) is 5.56 Å². The topological polar surface area (TPSA) is 102 Å². The van der Waals surface area contributed by atoms with E-state index in [2.05, 4.69) is 31.4 Å². The Balaban J connectivity index is 1.71. The van der Waals surface area contributed by atoms with Crippen molar-refractivity contribution in [1.82, 2.24) is 19.6 Å². The minimum Gasteiger partial charge on any atom is -0.478 e. The van der Waals surface area contributed by atoms with Crippen molar-refractivity contribution in [2.75, 3.05) is 5.32 Å². The lowest BCUT2D eigenvalue weighted by molar-refractivity contribution is -0.119. The number of amides is 1. The number of hydrogen-bond donors (Lipinski definition) is 2. The fourth-order valence-corrected chi connectivity index (χ4v) is 3.27. The molecule has 3 aromatic rings. The lowest BCUT2D eigenvalue weighted by Gasteiger charge is -2.11. The number of carboxylic acids is 1. The van der Waals surface area contributed by atoms with Gasteiger partial charge < -0.3 is 10.4 Å². The minimum absolute atomic E-state index is 0.00458. The smallest absolute Gasteiger partial charge is 0.338 e. The molecular formula is C17H14BrCl2N5O3. The van der Waals surface area contributed by atoms with E-state index < -0.39 is 17.9 Å². The molecular weight excluding hydrogens is 473 g/mol. The molecule has 1 amide bonds. The number of aromatic carboxylic acids is 1. The molecule has 0 saturated carbocycles. The summed E-state index contributed by atoms with van der Waals surface area (Å²) in [7, 11) is 0. The van der Waals surface area contributed by atoms with E-state index >= 15 is 0 Å². The van der Waals surface area contributed by atoms with Crippen LogP contribution < -0.4 is 5.32 Å². The van der Waals surface area contributed by atoms with Gasteiger partial charge in [0, 0.05) is 22.4 Å². The summed E-state index contributed by atoms with van der Waals surface area (Å²) >= 11 is 15.5. The molecule has 0 fully saturated rings. The molecule has 0 bridgehead atoms. The zero-order valence-corrected chi connectivity index (χ0v) is 17.5. The number of halogens is 3. The van der Waals surface area contributed by atoms with Gasteiger partial charge in [-0.1, -0.05) is 29.3 Å². The van der Waals surface area contributed by atoms with Crippen molar-refractivity contribution in [1.29, 1.82) is 0 Å². The number of aromatic nitrogens is 4. The molecule has 0 radical (unpaired) electrons. The van der Waals surface area contributed by atoms with Gasteiger partial charge in [0.15, 0.2) is 5.82 Å². The summed E-state index contributed by atoms with van der Waals surface area (Å²) in [6.45, 7) is 1.99. The normalized spacial score (nSPS) is 12.0. The summed E-state index contributed by atoms with van der Waals surface area (Å²) in [4.78, 5) is 23.4. The first kappa shape index (κ1) is 20.4. The first-order valence-electron chi connectivity index (χ1n) is 8.00. The molecule has 8 nitrogen and oxygen atoms in total. The van der Waals surface area contributed by atoms with E-state index in [1.165, 1.54) is 17.1 Å². The fraction of sp³-hybridized carbons (Fsp3) is 0.176. The quantitative estimate of drug-likeness (QED) is 0.546. The van der Waals surface area contributed by atoms with Gasteiger partial charge >= 0.3 is 5.97 Å². The molecule has 0 saturated heterocycles. The second kappa shape index (κ2) is 8.34. The lowest BCUT2D eigenvalue weighted by Crippen LogP contribution is -2.24. The zero-order valence-electron chi connectivity index (χ0n) is 14.4. The molecule has 11 heteroatoms. The van der Waals surface area contributed by atoms with Crippen molar-refractivity contribution in [3.63, 3.8) is 0 Å². The Morgan fingerprint density at radius 2 is 2.07 bits per heavy atom. The van der Waals surface area contributed by atoms with Crippen LogP contribution in [0.5, 0.6) is 0 Å². The number of anilines is 1. The number of carbonyl (C=O) groups excluding carboxylic acids is 1. The lowest BCUT2D eigenvalue weighted by atomic mass is 10.2. The molecule has 1 aromatic carbocycles. The molecule has 146 valence electrons. The molecule has 1 atom stereocenters. The Kier molecular flexibility index (Phi) is 6.07. The second-order valence-electron chi connectivity index (χ2n) is 5.94. The molecule has 0 aliphatic carbocycles. The third kappa shape index (κ3) is 4.54. The van der Waals surface area contributed by atoms with Crippen LogP contribution in [0.25, 0.3) is 0 Å². The van der Waals surface area contributed by atoms with Crippen LogP contribution in [0, 0.1) is 0 Å². The number of benzene rings is 1. The number of hydrogen-bond acceptors (Lipinski definition) is 4. The third-order valence-corrected chi connectivity index (χ3v) is 5.10.